The number of hydrogen-bond donors (Lipinski definition) is 0. The summed E-state index contributed by atoms with van der Waals surface area (Å²) in [6.07, 6.45) is 0. The van der Waals surface area contributed by atoms with Crippen LogP contribution in [0.1, 0.15) is 33.4 Å². The second-order valence-corrected chi connectivity index (χ2v) is 15.3. The predicted molar refractivity (Wildman–Crippen MR) is 226 cm³/mol. The summed E-state index contributed by atoms with van der Waals surface area (Å²) >= 11 is 0. The van der Waals surface area contributed by atoms with E-state index in [1.807, 2.05) is 0 Å². The lowest BCUT2D eigenvalue weighted by Gasteiger charge is -2.52. The first-order valence-corrected chi connectivity index (χ1v) is 19.1. The number of hydrogen-bond acceptors (Lipinski definition) is 2. The van der Waals surface area contributed by atoms with Crippen molar-refractivity contribution < 1.29 is 0 Å². The summed E-state index contributed by atoms with van der Waals surface area (Å²) in [5, 5.41) is 0. The predicted octanol–water partition coefficient (Wildman–Crippen LogP) is 11.4. The van der Waals surface area contributed by atoms with E-state index in [1.54, 1.807) is 0 Å². The molecule has 4 aliphatic rings. The van der Waals surface area contributed by atoms with Crippen molar-refractivity contribution in [1.29, 1.82) is 0 Å². The van der Waals surface area contributed by atoms with Gasteiger partial charge in [-0.1, -0.05) is 140 Å². The molecule has 1 spiro atoms. The molecule has 3 heterocycles. The Bertz CT molecular complexity index is 2820. The van der Waals surface area contributed by atoms with Crippen LogP contribution in [0.25, 0.3) is 33.4 Å². The highest BCUT2D eigenvalue weighted by Crippen LogP contribution is 2.64. The molecule has 3 aliphatic heterocycles. The van der Waals surface area contributed by atoms with Crippen LogP contribution in [0.2, 0.25) is 0 Å². The summed E-state index contributed by atoms with van der Waals surface area (Å²) in [5.41, 5.74) is 24.2. The van der Waals surface area contributed by atoms with Gasteiger partial charge in [-0.2, -0.15) is 0 Å². The average Bonchev–Trinajstić information content (AvgIpc) is 3.51. The zero-order chi connectivity index (χ0) is 35.7. The second-order valence-electron chi connectivity index (χ2n) is 15.3. The van der Waals surface area contributed by atoms with Crippen molar-refractivity contribution in [2.45, 2.75) is 19.3 Å². The third kappa shape index (κ3) is 3.62. The fraction of sp³-hybridized carbons (Fsp3) is 0.0588. The maximum absolute atomic E-state index is 2.71. The van der Waals surface area contributed by atoms with Gasteiger partial charge in [-0.05, 0) is 122 Å². The van der Waals surface area contributed by atoms with Gasteiger partial charge in [0.15, 0.2) is 0 Å². The molecular weight excluding hydrogens is 651 g/mol. The summed E-state index contributed by atoms with van der Waals surface area (Å²) in [5.74, 6) is 0. The lowest BCUT2D eigenvalue weighted by atomic mass is 9.42. The molecule has 8 aromatic rings. The molecule has 1 aliphatic carbocycles. The fourth-order valence-electron chi connectivity index (χ4n) is 10.8. The molecule has 54 heavy (non-hydrogen) atoms. The molecule has 0 saturated carbocycles. The maximum atomic E-state index is 2.71. The van der Waals surface area contributed by atoms with Gasteiger partial charge < -0.3 is 9.71 Å². The number of para-hydroxylation sites is 4. The Morgan fingerprint density at radius 1 is 0.444 bits per heavy atom. The Morgan fingerprint density at radius 2 is 1.02 bits per heavy atom. The average molecular weight is 687 g/mol. The van der Waals surface area contributed by atoms with E-state index < -0.39 is 5.41 Å². The molecule has 0 fully saturated rings. The molecular formula is C51H35BN2. The van der Waals surface area contributed by atoms with Crippen LogP contribution in [0.15, 0.2) is 176 Å². The van der Waals surface area contributed by atoms with Gasteiger partial charge in [-0.25, -0.2) is 0 Å². The minimum absolute atomic E-state index is 0.0304. The number of nitrogens with zero attached hydrogens (tertiary/aromatic N) is 2. The van der Waals surface area contributed by atoms with E-state index in [2.05, 4.69) is 199 Å². The monoisotopic (exact) mass is 686 g/mol. The summed E-state index contributed by atoms with van der Waals surface area (Å²) in [7, 11) is 0. The van der Waals surface area contributed by atoms with Gasteiger partial charge in [0.1, 0.15) is 0 Å². The third-order valence-corrected chi connectivity index (χ3v) is 12.7. The Kier molecular flexibility index (Phi) is 5.96. The molecule has 0 unspecified atom stereocenters. The van der Waals surface area contributed by atoms with E-state index in [-0.39, 0.29) is 6.85 Å². The molecule has 12 rings (SSSR count). The highest BCUT2D eigenvalue weighted by molar-refractivity contribution is 6.93. The summed E-state index contributed by atoms with van der Waals surface area (Å²) < 4.78 is 0. The number of fused-ring (bicyclic) bond motifs is 13. The Morgan fingerprint density at radius 3 is 1.76 bits per heavy atom. The first-order valence-electron chi connectivity index (χ1n) is 19.1. The minimum Gasteiger partial charge on any atom is -0.376 e. The molecule has 0 amide bonds. The van der Waals surface area contributed by atoms with Crippen molar-refractivity contribution in [3.63, 3.8) is 0 Å². The van der Waals surface area contributed by atoms with Crippen LogP contribution < -0.4 is 20.6 Å². The maximum Gasteiger partial charge on any atom is 0.333 e. The topological polar surface area (TPSA) is 6.48 Å². The Hall–Kier alpha value is -6.58. The molecule has 0 saturated heterocycles. The van der Waals surface area contributed by atoms with Gasteiger partial charge in [0.25, 0.3) is 0 Å². The van der Waals surface area contributed by atoms with Crippen LogP contribution in [-0.4, -0.2) is 6.85 Å². The summed E-state index contributed by atoms with van der Waals surface area (Å²) in [6.45, 7) is 4.47. The molecule has 0 aromatic heterocycles. The van der Waals surface area contributed by atoms with Gasteiger partial charge in [-0.3, -0.25) is 0 Å². The van der Waals surface area contributed by atoms with Crippen molar-refractivity contribution in [1.82, 2.24) is 0 Å². The van der Waals surface area contributed by atoms with E-state index in [0.717, 1.165) is 0 Å². The van der Waals surface area contributed by atoms with Crippen LogP contribution in [-0.2, 0) is 5.41 Å². The molecule has 3 heteroatoms. The van der Waals surface area contributed by atoms with E-state index >= 15 is 0 Å². The Labute approximate surface area is 316 Å². The van der Waals surface area contributed by atoms with Crippen molar-refractivity contribution in [3.8, 4) is 33.4 Å². The molecule has 2 nitrogen and oxygen atoms in total. The normalized spacial score (nSPS) is 14.5. The van der Waals surface area contributed by atoms with Crippen LogP contribution in [0.4, 0.5) is 28.4 Å². The van der Waals surface area contributed by atoms with Crippen molar-refractivity contribution in [2.24, 2.45) is 0 Å². The van der Waals surface area contributed by atoms with Crippen LogP contribution in [0, 0.1) is 13.8 Å². The van der Waals surface area contributed by atoms with E-state index in [1.165, 1.54) is 106 Å². The molecule has 0 atom stereocenters. The van der Waals surface area contributed by atoms with E-state index in [0.29, 0.717) is 0 Å². The quantitative estimate of drug-likeness (QED) is 0.167. The molecule has 8 aromatic carbocycles. The highest BCUT2D eigenvalue weighted by atomic mass is 15.2. The first-order chi connectivity index (χ1) is 26.7. The smallest absolute Gasteiger partial charge is 0.333 e. The number of anilines is 5. The highest BCUT2D eigenvalue weighted by Gasteiger charge is 2.56. The molecule has 0 N–H and O–H groups in total. The van der Waals surface area contributed by atoms with E-state index in [9.17, 15) is 0 Å². The first kappa shape index (κ1) is 29.9. The van der Waals surface area contributed by atoms with Gasteiger partial charge in [0.2, 0.25) is 0 Å². The summed E-state index contributed by atoms with van der Waals surface area (Å²) in [6, 6.07) is 66.3. The van der Waals surface area contributed by atoms with Gasteiger partial charge in [-0.15, -0.1) is 0 Å². The lowest BCUT2D eigenvalue weighted by Crippen LogP contribution is -2.63. The van der Waals surface area contributed by atoms with Gasteiger partial charge in [0, 0.05) is 34.0 Å². The van der Waals surface area contributed by atoms with Crippen molar-refractivity contribution in [2.75, 3.05) is 9.71 Å². The van der Waals surface area contributed by atoms with Crippen LogP contribution in [0.5, 0.6) is 0 Å². The number of rotatable bonds is 2. The standard InChI is InChI=1S/C51H35BN2/c1-32-16-14-17-33(2)48(32)34-30-39-38-22-15-26-43-50(38)54(52-44-27-11-13-29-46(44)53(47(31-34)49(39)52)35-18-4-3-5-19-35)45-28-12-10-25-42(45)51(43)40-23-8-6-20-36(40)37-21-7-9-24-41(37)51/h3-31H,1-2H3. The number of aryl methyl sites for hydroxylation is 2. The molecule has 0 bridgehead atoms. The zero-order valence-corrected chi connectivity index (χ0v) is 30.2. The van der Waals surface area contributed by atoms with Crippen molar-refractivity contribution >= 4 is 46.2 Å². The minimum atomic E-state index is -0.458. The SMILES string of the molecule is Cc1cccc(C)c1-c1cc2c3c(c1)N(c1ccccc1)c1ccccc1B3N1c3ccccc3C3(c4ccccc4-c4ccccc43)c3cccc-2c31. The number of benzene rings is 8. The van der Waals surface area contributed by atoms with Gasteiger partial charge >= 0.3 is 6.85 Å². The van der Waals surface area contributed by atoms with Crippen LogP contribution in [0.3, 0.4) is 0 Å². The zero-order valence-electron chi connectivity index (χ0n) is 30.2. The summed E-state index contributed by atoms with van der Waals surface area (Å²) in [4.78, 5) is 5.22. The third-order valence-electron chi connectivity index (χ3n) is 12.7. The molecule has 252 valence electrons. The lowest BCUT2D eigenvalue weighted by molar-refractivity contribution is 0.756. The fourth-order valence-corrected chi connectivity index (χ4v) is 10.8. The second kappa shape index (κ2) is 10.7. The molecule has 0 radical (unpaired) electrons. The van der Waals surface area contributed by atoms with E-state index in [4.69, 9.17) is 0 Å². The van der Waals surface area contributed by atoms with Gasteiger partial charge in [0.05, 0.1) is 5.41 Å². The Balaban J connectivity index is 1.26. The van der Waals surface area contributed by atoms with Crippen LogP contribution >= 0.6 is 0 Å². The largest absolute Gasteiger partial charge is 0.376 e. The van der Waals surface area contributed by atoms with Crippen molar-refractivity contribution in [3.05, 3.63) is 209 Å².